The SMILES string of the molecule is CC(C)(C)OC(=O)N1CCCC1CNCc1ccncn1. The molecular formula is C15H24N4O2. The molecule has 1 amide bonds. The van der Waals surface area contributed by atoms with Crippen molar-refractivity contribution in [1.29, 1.82) is 0 Å². The van der Waals surface area contributed by atoms with Gasteiger partial charge in [-0.3, -0.25) is 0 Å². The van der Waals surface area contributed by atoms with Gasteiger partial charge < -0.3 is 15.0 Å². The van der Waals surface area contributed by atoms with Crippen LogP contribution in [0.15, 0.2) is 18.6 Å². The predicted molar refractivity (Wildman–Crippen MR) is 79.7 cm³/mol. The van der Waals surface area contributed by atoms with Crippen LogP contribution in [0.2, 0.25) is 0 Å². The summed E-state index contributed by atoms with van der Waals surface area (Å²) >= 11 is 0. The van der Waals surface area contributed by atoms with Gasteiger partial charge in [0.2, 0.25) is 0 Å². The second kappa shape index (κ2) is 6.85. The summed E-state index contributed by atoms with van der Waals surface area (Å²) in [4.78, 5) is 22.0. The Morgan fingerprint density at radius 3 is 3.00 bits per heavy atom. The quantitative estimate of drug-likeness (QED) is 0.919. The second-order valence-corrected chi connectivity index (χ2v) is 6.30. The highest BCUT2D eigenvalue weighted by atomic mass is 16.6. The van der Waals surface area contributed by atoms with Gasteiger partial charge in [0.25, 0.3) is 0 Å². The highest BCUT2D eigenvalue weighted by Crippen LogP contribution is 2.20. The van der Waals surface area contributed by atoms with Crippen molar-refractivity contribution in [2.24, 2.45) is 0 Å². The molecule has 0 aromatic carbocycles. The number of carbonyl (C=O) groups is 1. The maximum Gasteiger partial charge on any atom is 0.410 e. The van der Waals surface area contributed by atoms with Crippen molar-refractivity contribution in [2.45, 2.75) is 51.8 Å². The Labute approximate surface area is 125 Å². The molecule has 1 saturated heterocycles. The summed E-state index contributed by atoms with van der Waals surface area (Å²) < 4.78 is 5.46. The van der Waals surface area contributed by atoms with E-state index in [9.17, 15) is 4.79 Å². The molecule has 1 N–H and O–H groups in total. The highest BCUT2D eigenvalue weighted by Gasteiger charge is 2.31. The van der Waals surface area contributed by atoms with Crippen molar-refractivity contribution in [2.75, 3.05) is 13.1 Å². The number of likely N-dealkylation sites (tertiary alicyclic amines) is 1. The number of carbonyl (C=O) groups excluding carboxylic acids is 1. The first kappa shape index (κ1) is 15.7. The molecule has 6 nitrogen and oxygen atoms in total. The third kappa shape index (κ3) is 4.97. The largest absolute Gasteiger partial charge is 0.444 e. The third-order valence-corrected chi connectivity index (χ3v) is 3.33. The fourth-order valence-electron chi connectivity index (χ4n) is 2.40. The van der Waals surface area contributed by atoms with E-state index in [4.69, 9.17) is 4.74 Å². The molecule has 0 spiro atoms. The van der Waals surface area contributed by atoms with Crippen LogP contribution in [0.4, 0.5) is 4.79 Å². The van der Waals surface area contributed by atoms with E-state index < -0.39 is 5.60 Å². The molecule has 21 heavy (non-hydrogen) atoms. The summed E-state index contributed by atoms with van der Waals surface area (Å²) in [6.07, 6.45) is 5.09. The number of rotatable bonds is 4. The Morgan fingerprint density at radius 2 is 2.33 bits per heavy atom. The molecule has 0 saturated carbocycles. The van der Waals surface area contributed by atoms with Gasteiger partial charge in [-0.1, -0.05) is 0 Å². The summed E-state index contributed by atoms with van der Waals surface area (Å²) in [5.74, 6) is 0. The van der Waals surface area contributed by atoms with E-state index in [0.717, 1.165) is 31.6 Å². The highest BCUT2D eigenvalue weighted by molar-refractivity contribution is 5.69. The lowest BCUT2D eigenvalue weighted by atomic mass is 10.2. The van der Waals surface area contributed by atoms with E-state index in [-0.39, 0.29) is 12.1 Å². The number of hydrogen-bond acceptors (Lipinski definition) is 5. The van der Waals surface area contributed by atoms with Gasteiger partial charge in [0.15, 0.2) is 0 Å². The summed E-state index contributed by atoms with van der Waals surface area (Å²) in [5, 5.41) is 3.35. The molecule has 116 valence electrons. The van der Waals surface area contributed by atoms with Gasteiger partial charge in [-0.05, 0) is 39.7 Å². The molecule has 1 unspecified atom stereocenters. The van der Waals surface area contributed by atoms with Gasteiger partial charge in [0, 0.05) is 31.9 Å². The molecule has 1 aromatic rings. The van der Waals surface area contributed by atoms with E-state index in [2.05, 4.69) is 15.3 Å². The lowest BCUT2D eigenvalue weighted by Crippen LogP contribution is -2.44. The van der Waals surface area contributed by atoms with E-state index >= 15 is 0 Å². The van der Waals surface area contributed by atoms with Crippen LogP contribution in [0.3, 0.4) is 0 Å². The van der Waals surface area contributed by atoms with Crippen LogP contribution in [0.25, 0.3) is 0 Å². The molecule has 2 rings (SSSR count). The Bertz CT molecular complexity index is 458. The minimum atomic E-state index is -0.446. The van der Waals surface area contributed by atoms with Crippen LogP contribution in [-0.4, -0.2) is 45.7 Å². The average Bonchev–Trinajstić information content (AvgIpc) is 2.86. The van der Waals surface area contributed by atoms with Gasteiger partial charge in [0.1, 0.15) is 11.9 Å². The fraction of sp³-hybridized carbons (Fsp3) is 0.667. The Kier molecular flexibility index (Phi) is 5.12. The van der Waals surface area contributed by atoms with Gasteiger partial charge >= 0.3 is 6.09 Å². The zero-order valence-electron chi connectivity index (χ0n) is 13.0. The molecule has 0 bridgehead atoms. The topological polar surface area (TPSA) is 67.3 Å². The number of ether oxygens (including phenoxy) is 1. The first-order chi connectivity index (χ1) is 9.96. The van der Waals surface area contributed by atoms with Crippen LogP contribution in [0.1, 0.15) is 39.3 Å². The smallest absolute Gasteiger partial charge is 0.410 e. The molecular weight excluding hydrogens is 268 g/mol. The maximum absolute atomic E-state index is 12.2. The first-order valence-electron chi connectivity index (χ1n) is 7.41. The zero-order chi connectivity index (χ0) is 15.3. The number of hydrogen-bond donors (Lipinski definition) is 1. The molecule has 1 fully saturated rings. The fourth-order valence-corrected chi connectivity index (χ4v) is 2.40. The summed E-state index contributed by atoms with van der Waals surface area (Å²) in [6, 6.07) is 2.08. The lowest BCUT2D eigenvalue weighted by Gasteiger charge is -2.28. The van der Waals surface area contributed by atoms with Crippen LogP contribution in [-0.2, 0) is 11.3 Å². The molecule has 0 radical (unpaired) electrons. The number of amides is 1. The zero-order valence-corrected chi connectivity index (χ0v) is 13.0. The molecule has 1 aliphatic heterocycles. The Balaban J connectivity index is 1.80. The first-order valence-corrected chi connectivity index (χ1v) is 7.41. The van der Waals surface area contributed by atoms with E-state index in [0.29, 0.717) is 6.54 Å². The normalized spacial score (nSPS) is 18.8. The van der Waals surface area contributed by atoms with Gasteiger partial charge in [-0.25, -0.2) is 14.8 Å². The molecule has 6 heteroatoms. The lowest BCUT2D eigenvalue weighted by molar-refractivity contribution is 0.0226. The van der Waals surface area contributed by atoms with Crippen molar-refractivity contribution >= 4 is 6.09 Å². The number of aromatic nitrogens is 2. The predicted octanol–water partition coefficient (Wildman–Crippen LogP) is 1.97. The maximum atomic E-state index is 12.2. The molecule has 2 heterocycles. The minimum Gasteiger partial charge on any atom is -0.444 e. The van der Waals surface area contributed by atoms with Crippen molar-refractivity contribution in [3.05, 3.63) is 24.3 Å². The third-order valence-electron chi connectivity index (χ3n) is 3.33. The molecule has 1 atom stereocenters. The number of nitrogens with one attached hydrogen (secondary N) is 1. The van der Waals surface area contributed by atoms with Gasteiger partial charge in [0.05, 0.1) is 5.69 Å². The second-order valence-electron chi connectivity index (χ2n) is 6.30. The van der Waals surface area contributed by atoms with E-state index in [1.54, 1.807) is 12.5 Å². The summed E-state index contributed by atoms with van der Waals surface area (Å²) in [7, 11) is 0. The average molecular weight is 292 g/mol. The standard InChI is InChI=1S/C15H24N4O2/c1-15(2,3)21-14(20)19-8-4-5-13(19)10-17-9-12-6-7-16-11-18-12/h6-7,11,13,17H,4-5,8-10H2,1-3H3. The van der Waals surface area contributed by atoms with Crippen LogP contribution < -0.4 is 5.32 Å². The minimum absolute atomic E-state index is 0.196. The Hall–Kier alpha value is -1.69. The van der Waals surface area contributed by atoms with Crippen molar-refractivity contribution in [1.82, 2.24) is 20.2 Å². The molecule has 0 aliphatic carbocycles. The van der Waals surface area contributed by atoms with Crippen LogP contribution in [0, 0.1) is 0 Å². The molecule has 1 aromatic heterocycles. The van der Waals surface area contributed by atoms with Crippen molar-refractivity contribution in [3.8, 4) is 0 Å². The molecule has 1 aliphatic rings. The van der Waals surface area contributed by atoms with Crippen molar-refractivity contribution in [3.63, 3.8) is 0 Å². The van der Waals surface area contributed by atoms with Crippen molar-refractivity contribution < 1.29 is 9.53 Å². The Morgan fingerprint density at radius 1 is 1.52 bits per heavy atom. The summed E-state index contributed by atoms with van der Waals surface area (Å²) in [5.41, 5.74) is 0.505. The number of nitrogens with zero attached hydrogens (tertiary/aromatic N) is 3. The van der Waals surface area contributed by atoms with E-state index in [1.807, 2.05) is 31.7 Å². The monoisotopic (exact) mass is 292 g/mol. The van der Waals surface area contributed by atoms with Crippen LogP contribution >= 0.6 is 0 Å². The van der Waals surface area contributed by atoms with Gasteiger partial charge in [-0.2, -0.15) is 0 Å². The summed E-state index contributed by atoms with van der Waals surface area (Å²) in [6.45, 7) is 7.88. The van der Waals surface area contributed by atoms with Gasteiger partial charge in [-0.15, -0.1) is 0 Å². The van der Waals surface area contributed by atoms with E-state index in [1.165, 1.54) is 0 Å². The van der Waals surface area contributed by atoms with Crippen LogP contribution in [0.5, 0.6) is 0 Å².